The minimum absolute atomic E-state index is 0.155. The number of carbonyl (C=O) groups is 3. The van der Waals surface area contributed by atoms with Crippen LogP contribution in [0.5, 0.6) is 0 Å². The summed E-state index contributed by atoms with van der Waals surface area (Å²) < 4.78 is 4.88. The van der Waals surface area contributed by atoms with Gasteiger partial charge in [-0.05, 0) is 55.7 Å². The van der Waals surface area contributed by atoms with E-state index in [9.17, 15) is 14.4 Å². The van der Waals surface area contributed by atoms with Crippen molar-refractivity contribution in [2.24, 2.45) is 0 Å². The van der Waals surface area contributed by atoms with Crippen molar-refractivity contribution in [3.05, 3.63) is 80.2 Å². The van der Waals surface area contributed by atoms with E-state index in [1.54, 1.807) is 44.2 Å². The maximum atomic E-state index is 13.0. The minimum Gasteiger partial charge on any atom is -0.465 e. The first-order chi connectivity index (χ1) is 14.7. The normalized spacial score (nSPS) is 10.5. The molecule has 0 radical (unpaired) electrons. The fourth-order valence-corrected chi connectivity index (χ4v) is 4.35. The summed E-state index contributed by atoms with van der Waals surface area (Å²) in [4.78, 5) is 38.5. The van der Waals surface area contributed by atoms with E-state index in [-0.39, 0.29) is 16.5 Å². The Bertz CT molecular complexity index is 1190. The maximum absolute atomic E-state index is 13.0. The Morgan fingerprint density at radius 3 is 2.29 bits per heavy atom. The zero-order chi connectivity index (χ0) is 22.7. The molecule has 0 saturated carbocycles. The monoisotopic (exact) mass is 456 g/mol. The van der Waals surface area contributed by atoms with Gasteiger partial charge in [0.1, 0.15) is 5.00 Å². The number of halogens is 1. The lowest BCUT2D eigenvalue weighted by Crippen LogP contribution is -2.15. The topological polar surface area (TPSA) is 84.5 Å². The summed E-state index contributed by atoms with van der Waals surface area (Å²) in [6.45, 7) is 5.26. The lowest BCUT2D eigenvalue weighted by atomic mass is 10.1. The number of methoxy groups -OCH3 is 1. The lowest BCUT2D eigenvalue weighted by Gasteiger charge is -2.09. The van der Waals surface area contributed by atoms with Crippen LogP contribution in [-0.2, 0) is 4.74 Å². The summed E-state index contributed by atoms with van der Waals surface area (Å²) in [5.41, 5.74) is 3.15. The summed E-state index contributed by atoms with van der Waals surface area (Å²) >= 11 is 7.15. The second-order valence-corrected chi connectivity index (χ2v) is 8.32. The van der Waals surface area contributed by atoms with Gasteiger partial charge in [-0.2, -0.15) is 0 Å². The molecule has 0 spiro atoms. The van der Waals surface area contributed by atoms with Crippen molar-refractivity contribution in [3.8, 4) is 0 Å². The van der Waals surface area contributed by atoms with Crippen LogP contribution in [0.25, 0.3) is 0 Å². The molecule has 8 heteroatoms. The number of nitrogens with one attached hydrogen (secondary N) is 2. The Labute approximate surface area is 189 Å². The number of ether oxygens (including phenoxy) is 1. The number of aryl methyl sites for hydroxylation is 1. The molecule has 6 nitrogen and oxygen atoms in total. The van der Waals surface area contributed by atoms with Gasteiger partial charge in [0.2, 0.25) is 0 Å². The number of hydrogen-bond acceptors (Lipinski definition) is 5. The minimum atomic E-state index is -0.633. The fraction of sp³-hybridized carbons (Fsp3) is 0.174. The summed E-state index contributed by atoms with van der Waals surface area (Å²) in [5, 5.41) is 6.37. The first-order valence-corrected chi connectivity index (χ1v) is 10.6. The van der Waals surface area contributed by atoms with Gasteiger partial charge in [0.05, 0.1) is 17.6 Å². The summed E-state index contributed by atoms with van der Waals surface area (Å²) in [5.74, 6) is -1.41. The Kier molecular flexibility index (Phi) is 6.77. The Balaban J connectivity index is 1.97. The van der Waals surface area contributed by atoms with Crippen LogP contribution in [0, 0.1) is 20.8 Å². The SMILES string of the molecule is COC(=O)c1c(NC(=O)c2ccccc2C)sc(C(=O)Nc2cccc(Cl)c2C)c1C. The van der Waals surface area contributed by atoms with E-state index >= 15 is 0 Å². The van der Waals surface area contributed by atoms with Crippen LogP contribution in [-0.4, -0.2) is 24.9 Å². The highest BCUT2D eigenvalue weighted by molar-refractivity contribution is 7.19. The van der Waals surface area contributed by atoms with Crippen molar-refractivity contribution >= 4 is 51.4 Å². The molecule has 2 amide bonds. The van der Waals surface area contributed by atoms with Gasteiger partial charge in [-0.1, -0.05) is 35.9 Å². The second-order valence-electron chi connectivity index (χ2n) is 6.89. The molecule has 31 heavy (non-hydrogen) atoms. The first-order valence-electron chi connectivity index (χ1n) is 9.39. The zero-order valence-electron chi connectivity index (χ0n) is 17.5. The van der Waals surface area contributed by atoms with Crippen LogP contribution >= 0.6 is 22.9 Å². The van der Waals surface area contributed by atoms with Gasteiger partial charge in [-0.3, -0.25) is 9.59 Å². The van der Waals surface area contributed by atoms with Gasteiger partial charge >= 0.3 is 5.97 Å². The van der Waals surface area contributed by atoms with Crippen LogP contribution in [0.15, 0.2) is 42.5 Å². The quantitative estimate of drug-likeness (QED) is 0.488. The third kappa shape index (κ3) is 4.62. The van der Waals surface area contributed by atoms with Crippen molar-refractivity contribution in [2.75, 3.05) is 17.7 Å². The summed E-state index contributed by atoms with van der Waals surface area (Å²) in [6, 6.07) is 12.3. The first kappa shape index (κ1) is 22.5. The highest BCUT2D eigenvalue weighted by atomic mass is 35.5. The van der Waals surface area contributed by atoms with Crippen LogP contribution in [0.1, 0.15) is 47.1 Å². The average molecular weight is 457 g/mol. The molecule has 0 saturated heterocycles. The summed E-state index contributed by atoms with van der Waals surface area (Å²) in [7, 11) is 1.25. The molecule has 1 aromatic heterocycles. The highest BCUT2D eigenvalue weighted by Gasteiger charge is 2.27. The molecule has 3 aromatic rings. The van der Waals surface area contributed by atoms with Gasteiger partial charge in [-0.25, -0.2) is 4.79 Å². The molecular weight excluding hydrogens is 436 g/mol. The largest absolute Gasteiger partial charge is 0.465 e. The molecule has 0 bridgehead atoms. The van der Waals surface area contributed by atoms with E-state index in [0.717, 1.165) is 22.5 Å². The molecule has 0 aliphatic heterocycles. The number of hydrogen-bond donors (Lipinski definition) is 2. The molecule has 0 atom stereocenters. The lowest BCUT2D eigenvalue weighted by molar-refractivity contribution is 0.0601. The number of rotatable bonds is 5. The van der Waals surface area contributed by atoms with E-state index in [1.807, 2.05) is 19.1 Å². The molecule has 0 aliphatic rings. The molecule has 0 aliphatic carbocycles. The van der Waals surface area contributed by atoms with Crippen molar-refractivity contribution in [2.45, 2.75) is 20.8 Å². The van der Waals surface area contributed by atoms with E-state index in [1.165, 1.54) is 7.11 Å². The Morgan fingerprint density at radius 2 is 1.61 bits per heavy atom. The van der Waals surface area contributed by atoms with Crippen LogP contribution in [0.4, 0.5) is 10.7 Å². The highest BCUT2D eigenvalue weighted by Crippen LogP contribution is 2.35. The Morgan fingerprint density at radius 1 is 0.903 bits per heavy atom. The van der Waals surface area contributed by atoms with Gasteiger partial charge in [0.25, 0.3) is 11.8 Å². The second kappa shape index (κ2) is 9.32. The third-order valence-corrected chi connectivity index (χ3v) is 6.49. The van der Waals surface area contributed by atoms with Crippen molar-refractivity contribution < 1.29 is 19.1 Å². The van der Waals surface area contributed by atoms with Crippen LogP contribution in [0.3, 0.4) is 0 Å². The predicted molar refractivity (Wildman–Crippen MR) is 124 cm³/mol. The van der Waals surface area contributed by atoms with Gasteiger partial charge in [-0.15, -0.1) is 11.3 Å². The number of thiophene rings is 1. The van der Waals surface area contributed by atoms with E-state index < -0.39 is 11.9 Å². The van der Waals surface area contributed by atoms with E-state index in [4.69, 9.17) is 16.3 Å². The van der Waals surface area contributed by atoms with Crippen molar-refractivity contribution in [1.29, 1.82) is 0 Å². The number of esters is 1. The molecule has 2 N–H and O–H groups in total. The predicted octanol–water partition coefficient (Wildman–Crippen LogP) is 5.62. The Hall–Kier alpha value is -3.16. The number of anilines is 2. The smallest absolute Gasteiger partial charge is 0.341 e. The standard InChI is InChI=1S/C23H21ClN2O4S/c1-12-8-5-6-9-15(12)20(27)26-22-18(23(29)30-4)14(3)19(31-22)21(28)25-17-11-7-10-16(24)13(17)2/h5-11H,1-4H3,(H,25,28)(H,26,27). The van der Waals surface area contributed by atoms with E-state index in [0.29, 0.717) is 26.7 Å². The number of benzene rings is 2. The van der Waals surface area contributed by atoms with Crippen molar-refractivity contribution in [3.63, 3.8) is 0 Å². The van der Waals surface area contributed by atoms with Crippen LogP contribution < -0.4 is 10.6 Å². The van der Waals surface area contributed by atoms with Gasteiger partial charge < -0.3 is 15.4 Å². The molecular formula is C23H21ClN2O4S. The van der Waals surface area contributed by atoms with Gasteiger partial charge in [0, 0.05) is 16.3 Å². The number of amides is 2. The molecule has 3 rings (SSSR count). The maximum Gasteiger partial charge on any atom is 0.341 e. The van der Waals surface area contributed by atoms with E-state index in [2.05, 4.69) is 10.6 Å². The average Bonchev–Trinajstić information content (AvgIpc) is 3.07. The third-order valence-electron chi connectivity index (χ3n) is 4.88. The molecule has 0 fully saturated rings. The van der Waals surface area contributed by atoms with Crippen molar-refractivity contribution in [1.82, 2.24) is 0 Å². The number of carbonyl (C=O) groups excluding carboxylic acids is 3. The van der Waals surface area contributed by atoms with Gasteiger partial charge in [0.15, 0.2) is 0 Å². The zero-order valence-corrected chi connectivity index (χ0v) is 19.0. The summed E-state index contributed by atoms with van der Waals surface area (Å²) in [6.07, 6.45) is 0. The molecule has 2 aromatic carbocycles. The molecule has 1 heterocycles. The fourth-order valence-electron chi connectivity index (χ4n) is 3.09. The molecule has 160 valence electrons. The molecule has 0 unspecified atom stereocenters. The van der Waals surface area contributed by atoms with Crippen LogP contribution in [0.2, 0.25) is 5.02 Å².